The van der Waals surface area contributed by atoms with Crippen LogP contribution in [0, 0.1) is 6.92 Å². The molecule has 0 unspecified atom stereocenters. The average molecular weight is 364 g/mol. The molecule has 0 heterocycles. The number of benzene rings is 1. The van der Waals surface area contributed by atoms with Crippen LogP contribution in [-0.4, -0.2) is 46.4 Å². The van der Waals surface area contributed by atoms with Gasteiger partial charge in [-0.3, -0.25) is 4.79 Å². The molecule has 0 bridgehead atoms. The van der Waals surface area contributed by atoms with Gasteiger partial charge in [0.2, 0.25) is 10.0 Å². The lowest BCUT2D eigenvalue weighted by atomic mass is 10.1. The summed E-state index contributed by atoms with van der Waals surface area (Å²) in [4.78, 5) is 13.8. The molecule has 112 valence electrons. The lowest BCUT2D eigenvalue weighted by Crippen LogP contribution is -2.33. The van der Waals surface area contributed by atoms with Crippen LogP contribution in [0.1, 0.15) is 15.9 Å². The van der Waals surface area contributed by atoms with E-state index < -0.39 is 10.0 Å². The van der Waals surface area contributed by atoms with Crippen LogP contribution < -0.4 is 10.5 Å². The number of sulfonamides is 1. The zero-order valence-corrected chi connectivity index (χ0v) is 14.0. The van der Waals surface area contributed by atoms with Crippen molar-refractivity contribution in [3.63, 3.8) is 0 Å². The van der Waals surface area contributed by atoms with Crippen molar-refractivity contribution in [3.8, 4) is 0 Å². The molecule has 6 nitrogen and oxygen atoms in total. The Morgan fingerprint density at radius 2 is 2.05 bits per heavy atom. The van der Waals surface area contributed by atoms with Crippen molar-refractivity contribution in [2.24, 2.45) is 5.14 Å². The first-order chi connectivity index (χ1) is 9.18. The van der Waals surface area contributed by atoms with Gasteiger partial charge in [0.05, 0.1) is 4.90 Å². The van der Waals surface area contributed by atoms with Crippen LogP contribution in [0.25, 0.3) is 0 Å². The Balaban J connectivity index is 3.26. The summed E-state index contributed by atoms with van der Waals surface area (Å²) in [5, 5.41) is 8.12. The van der Waals surface area contributed by atoms with E-state index in [-0.39, 0.29) is 10.8 Å². The molecule has 0 fully saturated rings. The van der Waals surface area contributed by atoms with Gasteiger partial charge in [-0.25, -0.2) is 13.6 Å². The summed E-state index contributed by atoms with van der Waals surface area (Å²) in [6, 6.07) is 3.00. The highest BCUT2D eigenvalue weighted by atomic mass is 79.9. The number of likely N-dealkylation sites (N-methyl/N-ethyl adjacent to an activating group) is 2. The third-order valence-corrected chi connectivity index (χ3v) is 4.40. The third kappa shape index (κ3) is 4.02. The van der Waals surface area contributed by atoms with E-state index in [0.717, 1.165) is 0 Å². The van der Waals surface area contributed by atoms with Crippen molar-refractivity contribution in [1.82, 2.24) is 10.2 Å². The number of nitrogens with zero attached hydrogens (tertiary/aromatic N) is 1. The second kappa shape index (κ2) is 6.66. The van der Waals surface area contributed by atoms with E-state index in [1.807, 2.05) is 0 Å². The van der Waals surface area contributed by atoms with Gasteiger partial charge in [0.25, 0.3) is 5.91 Å². The Morgan fingerprint density at radius 1 is 1.45 bits per heavy atom. The van der Waals surface area contributed by atoms with Crippen molar-refractivity contribution < 1.29 is 13.2 Å². The molecule has 0 aliphatic carbocycles. The first-order valence-corrected chi connectivity index (χ1v) is 8.25. The fourth-order valence-electron chi connectivity index (χ4n) is 1.76. The van der Waals surface area contributed by atoms with Gasteiger partial charge in [0.1, 0.15) is 0 Å². The van der Waals surface area contributed by atoms with Gasteiger partial charge in [-0.05, 0) is 31.7 Å². The summed E-state index contributed by atoms with van der Waals surface area (Å²) in [6.07, 6.45) is 0. The first kappa shape index (κ1) is 17.1. The highest BCUT2D eigenvalue weighted by molar-refractivity contribution is 9.10. The number of nitrogens with two attached hydrogens (primary N) is 1. The lowest BCUT2D eigenvalue weighted by Gasteiger charge is -2.19. The predicted octanol–water partition coefficient (Wildman–Crippen LogP) is 0.696. The van der Waals surface area contributed by atoms with Crippen LogP contribution in [-0.2, 0) is 10.0 Å². The molecule has 0 radical (unpaired) electrons. The van der Waals surface area contributed by atoms with Crippen molar-refractivity contribution in [2.75, 3.05) is 27.2 Å². The quantitative estimate of drug-likeness (QED) is 0.804. The molecule has 8 heteroatoms. The van der Waals surface area contributed by atoms with Gasteiger partial charge >= 0.3 is 0 Å². The summed E-state index contributed by atoms with van der Waals surface area (Å²) in [5.74, 6) is -0.246. The van der Waals surface area contributed by atoms with Crippen LogP contribution in [0.4, 0.5) is 0 Å². The number of carbonyl (C=O) groups is 1. The fraction of sp³-hybridized carbons (Fsp3) is 0.417. The summed E-state index contributed by atoms with van der Waals surface area (Å²) in [6.45, 7) is 2.74. The summed E-state index contributed by atoms with van der Waals surface area (Å²) in [7, 11) is -0.411. The van der Waals surface area contributed by atoms with Gasteiger partial charge < -0.3 is 10.2 Å². The Hall–Kier alpha value is -0.960. The predicted molar refractivity (Wildman–Crippen MR) is 81.1 cm³/mol. The average Bonchev–Trinajstić information content (AvgIpc) is 2.36. The van der Waals surface area contributed by atoms with E-state index in [4.69, 9.17) is 5.14 Å². The Bertz CT molecular complexity index is 617. The maximum Gasteiger partial charge on any atom is 0.253 e. The Kier molecular flexibility index (Phi) is 5.69. The van der Waals surface area contributed by atoms with E-state index in [9.17, 15) is 13.2 Å². The molecule has 0 atom stereocenters. The molecule has 0 saturated heterocycles. The minimum absolute atomic E-state index is 0.0442. The minimum Gasteiger partial charge on any atom is -0.340 e. The second-order valence-electron chi connectivity index (χ2n) is 4.45. The standard InChI is InChI=1S/C12H18BrN3O3S/c1-8-10(12(17)16(3)5-4-15-2)6-9(13)7-11(8)20(14,18)19/h6-7,15H,4-5H2,1-3H3,(H2,14,18,19). The smallest absolute Gasteiger partial charge is 0.253 e. The molecule has 1 amide bonds. The largest absolute Gasteiger partial charge is 0.340 e. The third-order valence-electron chi connectivity index (χ3n) is 2.91. The van der Waals surface area contributed by atoms with Crippen molar-refractivity contribution in [1.29, 1.82) is 0 Å². The summed E-state index contributed by atoms with van der Waals surface area (Å²) in [5.41, 5.74) is 0.680. The first-order valence-electron chi connectivity index (χ1n) is 5.91. The normalized spacial score (nSPS) is 11.4. The van der Waals surface area contributed by atoms with E-state index in [1.54, 1.807) is 27.1 Å². The molecular formula is C12H18BrN3O3S. The zero-order chi connectivity index (χ0) is 15.5. The van der Waals surface area contributed by atoms with E-state index in [2.05, 4.69) is 21.2 Å². The van der Waals surface area contributed by atoms with Gasteiger partial charge in [0.15, 0.2) is 0 Å². The van der Waals surface area contributed by atoms with Gasteiger partial charge in [-0.1, -0.05) is 15.9 Å². The number of primary sulfonamides is 1. The van der Waals surface area contributed by atoms with Crippen molar-refractivity contribution >= 4 is 31.9 Å². The number of nitrogens with one attached hydrogen (secondary N) is 1. The number of hydrogen-bond donors (Lipinski definition) is 2. The fourth-order valence-corrected chi connectivity index (χ4v) is 3.20. The number of hydrogen-bond acceptors (Lipinski definition) is 4. The SMILES string of the molecule is CNCCN(C)C(=O)c1cc(Br)cc(S(N)(=O)=O)c1C. The lowest BCUT2D eigenvalue weighted by molar-refractivity contribution is 0.0796. The van der Waals surface area contributed by atoms with Crippen LogP contribution in [0.15, 0.2) is 21.5 Å². The molecule has 1 aromatic carbocycles. The molecule has 1 rings (SSSR count). The van der Waals surface area contributed by atoms with E-state index >= 15 is 0 Å². The molecule has 0 saturated carbocycles. The number of halogens is 1. The summed E-state index contributed by atoms with van der Waals surface area (Å²) >= 11 is 3.21. The minimum atomic E-state index is -3.87. The highest BCUT2D eigenvalue weighted by Gasteiger charge is 2.21. The van der Waals surface area contributed by atoms with E-state index in [0.29, 0.717) is 28.7 Å². The molecule has 3 N–H and O–H groups in total. The van der Waals surface area contributed by atoms with Gasteiger partial charge in [-0.15, -0.1) is 0 Å². The molecule has 20 heavy (non-hydrogen) atoms. The maximum absolute atomic E-state index is 12.3. The van der Waals surface area contributed by atoms with Crippen LogP contribution in [0.3, 0.4) is 0 Å². The van der Waals surface area contributed by atoms with Gasteiger partial charge in [-0.2, -0.15) is 0 Å². The van der Waals surface area contributed by atoms with Crippen molar-refractivity contribution in [3.05, 3.63) is 27.7 Å². The summed E-state index contributed by atoms with van der Waals surface area (Å²) < 4.78 is 23.6. The molecule has 0 aliphatic heterocycles. The topological polar surface area (TPSA) is 92.5 Å². The second-order valence-corrected chi connectivity index (χ2v) is 6.90. The van der Waals surface area contributed by atoms with Crippen LogP contribution in [0.2, 0.25) is 0 Å². The zero-order valence-electron chi connectivity index (χ0n) is 11.6. The molecule has 0 spiro atoms. The van der Waals surface area contributed by atoms with Gasteiger partial charge in [0, 0.05) is 30.2 Å². The highest BCUT2D eigenvalue weighted by Crippen LogP contribution is 2.24. The molecule has 1 aromatic rings. The van der Waals surface area contributed by atoms with Crippen molar-refractivity contribution in [2.45, 2.75) is 11.8 Å². The molecule has 0 aromatic heterocycles. The Morgan fingerprint density at radius 3 is 2.55 bits per heavy atom. The molecular weight excluding hydrogens is 346 g/mol. The van der Waals surface area contributed by atoms with Crippen LogP contribution in [0.5, 0.6) is 0 Å². The molecule has 0 aliphatic rings. The monoisotopic (exact) mass is 363 g/mol. The number of rotatable bonds is 5. The van der Waals surface area contributed by atoms with E-state index in [1.165, 1.54) is 11.0 Å². The number of carbonyl (C=O) groups excluding carboxylic acids is 1. The maximum atomic E-state index is 12.3. The number of amides is 1. The van der Waals surface area contributed by atoms with Crippen LogP contribution >= 0.6 is 15.9 Å². The Labute approximate surface area is 127 Å².